The van der Waals surface area contributed by atoms with Gasteiger partial charge in [-0.15, -0.1) is 0 Å². The first-order chi connectivity index (χ1) is 12.4. The normalized spacial score (nSPS) is 12.0. The molecule has 0 saturated heterocycles. The van der Waals surface area contributed by atoms with Gasteiger partial charge >= 0.3 is 6.18 Å². The summed E-state index contributed by atoms with van der Waals surface area (Å²) in [5.41, 5.74) is 1.08. The van der Waals surface area contributed by atoms with Gasteiger partial charge in [-0.1, -0.05) is 6.07 Å². The fourth-order valence-electron chi connectivity index (χ4n) is 2.33. The van der Waals surface area contributed by atoms with Gasteiger partial charge in [0.05, 0.1) is 14.2 Å². The van der Waals surface area contributed by atoms with Crippen LogP contribution in [-0.2, 0) is 6.42 Å². The molecule has 1 aromatic rings. The Balaban J connectivity index is 2.44. The highest BCUT2D eigenvalue weighted by atomic mass is 19.4. The molecule has 0 spiro atoms. The van der Waals surface area contributed by atoms with E-state index < -0.39 is 12.6 Å². The number of hydrogen-bond acceptors (Lipinski definition) is 3. The molecule has 1 aromatic carbocycles. The number of ether oxygens (including phenoxy) is 2. The van der Waals surface area contributed by atoms with Crippen LogP contribution in [0.5, 0.6) is 11.5 Å². The van der Waals surface area contributed by atoms with Gasteiger partial charge in [0, 0.05) is 26.1 Å². The van der Waals surface area contributed by atoms with Crippen LogP contribution >= 0.6 is 0 Å². The summed E-state index contributed by atoms with van der Waals surface area (Å²) in [7, 11) is 3.18. The van der Waals surface area contributed by atoms with Crippen molar-refractivity contribution in [3.8, 4) is 11.5 Å². The van der Waals surface area contributed by atoms with Gasteiger partial charge in [-0.2, -0.15) is 13.2 Å². The van der Waals surface area contributed by atoms with Gasteiger partial charge in [0.1, 0.15) is 0 Å². The van der Waals surface area contributed by atoms with Crippen molar-refractivity contribution in [2.75, 3.05) is 33.9 Å². The average molecular weight is 375 g/mol. The number of guanidine groups is 1. The molecular weight excluding hydrogens is 347 g/mol. The van der Waals surface area contributed by atoms with E-state index in [2.05, 4.69) is 15.6 Å². The Morgan fingerprint density at radius 1 is 1.08 bits per heavy atom. The first kappa shape index (κ1) is 21.9. The third-order valence-electron chi connectivity index (χ3n) is 3.64. The molecular formula is C18H28F3N3O2. The van der Waals surface area contributed by atoms with Crippen molar-refractivity contribution in [1.29, 1.82) is 0 Å². The molecule has 0 bridgehead atoms. The summed E-state index contributed by atoms with van der Waals surface area (Å²) in [6.45, 7) is 3.63. The summed E-state index contributed by atoms with van der Waals surface area (Å²) in [5, 5.41) is 6.28. The monoisotopic (exact) mass is 375 g/mol. The van der Waals surface area contributed by atoms with Crippen LogP contribution in [-0.4, -0.2) is 46.0 Å². The molecule has 148 valence electrons. The van der Waals surface area contributed by atoms with Gasteiger partial charge in [0.2, 0.25) is 0 Å². The topological polar surface area (TPSA) is 54.9 Å². The molecule has 0 amide bonds. The zero-order valence-corrected chi connectivity index (χ0v) is 15.6. The van der Waals surface area contributed by atoms with E-state index in [0.29, 0.717) is 43.5 Å². The Hall–Kier alpha value is -2.12. The first-order valence-corrected chi connectivity index (χ1v) is 8.69. The maximum absolute atomic E-state index is 12.1. The number of benzene rings is 1. The van der Waals surface area contributed by atoms with Crippen LogP contribution in [0.15, 0.2) is 23.2 Å². The lowest BCUT2D eigenvalue weighted by molar-refractivity contribution is -0.135. The molecule has 8 heteroatoms. The number of nitrogens with zero attached hydrogens (tertiary/aromatic N) is 1. The summed E-state index contributed by atoms with van der Waals surface area (Å²) < 4.78 is 46.8. The molecule has 1 rings (SSSR count). The third-order valence-corrected chi connectivity index (χ3v) is 3.64. The predicted molar refractivity (Wildman–Crippen MR) is 97.1 cm³/mol. The Kier molecular flexibility index (Phi) is 9.69. The number of nitrogens with one attached hydrogen (secondary N) is 2. The number of unbranched alkanes of at least 4 members (excludes halogenated alkanes) is 1. The Morgan fingerprint density at radius 3 is 2.42 bits per heavy atom. The lowest BCUT2D eigenvalue weighted by Gasteiger charge is -2.13. The number of methoxy groups -OCH3 is 2. The van der Waals surface area contributed by atoms with Crippen LogP contribution in [0, 0.1) is 0 Å². The molecule has 0 aliphatic heterocycles. The van der Waals surface area contributed by atoms with Crippen molar-refractivity contribution in [1.82, 2.24) is 10.6 Å². The molecule has 2 N–H and O–H groups in total. The molecule has 0 aromatic heterocycles. The molecule has 0 aliphatic rings. The van der Waals surface area contributed by atoms with Crippen LogP contribution in [0.25, 0.3) is 0 Å². The largest absolute Gasteiger partial charge is 0.493 e. The minimum Gasteiger partial charge on any atom is -0.493 e. The van der Waals surface area contributed by atoms with E-state index in [1.165, 1.54) is 0 Å². The van der Waals surface area contributed by atoms with E-state index >= 15 is 0 Å². The Bertz CT molecular complexity index is 563. The van der Waals surface area contributed by atoms with Crippen LogP contribution in [0.3, 0.4) is 0 Å². The average Bonchev–Trinajstić information content (AvgIpc) is 2.60. The van der Waals surface area contributed by atoms with Crippen LogP contribution in [0.1, 0.15) is 31.7 Å². The van der Waals surface area contributed by atoms with E-state index in [0.717, 1.165) is 12.0 Å². The number of aliphatic imine (C=N–C) groups is 1. The van der Waals surface area contributed by atoms with Gasteiger partial charge in [0.15, 0.2) is 17.5 Å². The zero-order valence-electron chi connectivity index (χ0n) is 15.6. The van der Waals surface area contributed by atoms with E-state index in [-0.39, 0.29) is 6.42 Å². The Morgan fingerprint density at radius 2 is 1.81 bits per heavy atom. The molecule has 0 heterocycles. The summed E-state index contributed by atoms with van der Waals surface area (Å²) >= 11 is 0. The van der Waals surface area contributed by atoms with Crippen molar-refractivity contribution in [2.24, 2.45) is 4.99 Å². The number of hydrogen-bond donors (Lipinski definition) is 2. The Labute approximate surface area is 153 Å². The number of rotatable bonds is 10. The molecule has 0 unspecified atom stereocenters. The fourth-order valence-corrected chi connectivity index (χ4v) is 2.33. The minimum atomic E-state index is -4.09. The summed E-state index contributed by atoms with van der Waals surface area (Å²) in [6, 6.07) is 5.74. The van der Waals surface area contributed by atoms with Gasteiger partial charge in [-0.3, -0.25) is 4.99 Å². The molecule has 0 aliphatic carbocycles. The quantitative estimate of drug-likeness (QED) is 0.373. The second-order valence-corrected chi connectivity index (χ2v) is 5.70. The van der Waals surface area contributed by atoms with Crippen LogP contribution in [0.2, 0.25) is 0 Å². The van der Waals surface area contributed by atoms with E-state index in [9.17, 15) is 13.2 Å². The maximum Gasteiger partial charge on any atom is 0.389 e. The zero-order chi connectivity index (χ0) is 19.4. The molecule has 0 atom stereocenters. The minimum absolute atomic E-state index is 0.0953. The van der Waals surface area contributed by atoms with Crippen molar-refractivity contribution in [3.05, 3.63) is 23.8 Å². The second-order valence-electron chi connectivity index (χ2n) is 5.70. The summed E-state index contributed by atoms with van der Waals surface area (Å²) in [4.78, 5) is 4.31. The van der Waals surface area contributed by atoms with Crippen LogP contribution < -0.4 is 20.1 Å². The van der Waals surface area contributed by atoms with Crippen molar-refractivity contribution in [3.63, 3.8) is 0 Å². The van der Waals surface area contributed by atoms with Gasteiger partial charge < -0.3 is 20.1 Å². The molecule has 5 nitrogen and oxygen atoms in total. The van der Waals surface area contributed by atoms with Gasteiger partial charge in [0.25, 0.3) is 0 Å². The molecule has 0 radical (unpaired) electrons. The predicted octanol–water partition coefficient (Wildman–Crippen LogP) is 3.53. The van der Waals surface area contributed by atoms with E-state index in [1.807, 2.05) is 25.1 Å². The van der Waals surface area contributed by atoms with Crippen LogP contribution in [0.4, 0.5) is 13.2 Å². The maximum atomic E-state index is 12.1. The molecule has 0 saturated carbocycles. The molecule has 26 heavy (non-hydrogen) atoms. The standard InChI is InChI=1S/C18H28F3N3O2/c1-4-22-17(23-11-6-5-10-18(19,20)21)24-12-9-14-7-8-15(25-2)16(13-14)26-3/h7-8,13H,4-6,9-12H2,1-3H3,(H2,22,23,24). The second kappa shape index (κ2) is 11.5. The van der Waals surface area contributed by atoms with Crippen molar-refractivity contribution < 1.29 is 22.6 Å². The lowest BCUT2D eigenvalue weighted by atomic mass is 10.1. The number of halogens is 3. The first-order valence-electron chi connectivity index (χ1n) is 8.69. The third kappa shape index (κ3) is 8.82. The highest BCUT2D eigenvalue weighted by Crippen LogP contribution is 2.27. The highest BCUT2D eigenvalue weighted by Gasteiger charge is 2.25. The van der Waals surface area contributed by atoms with Gasteiger partial charge in [-0.25, -0.2) is 0 Å². The van der Waals surface area contributed by atoms with Crippen molar-refractivity contribution in [2.45, 2.75) is 38.8 Å². The molecule has 0 fully saturated rings. The fraction of sp³-hybridized carbons (Fsp3) is 0.611. The van der Waals surface area contributed by atoms with E-state index in [4.69, 9.17) is 9.47 Å². The van der Waals surface area contributed by atoms with Crippen molar-refractivity contribution >= 4 is 5.96 Å². The highest BCUT2D eigenvalue weighted by molar-refractivity contribution is 5.79. The summed E-state index contributed by atoms with van der Waals surface area (Å²) in [5.74, 6) is 1.97. The smallest absolute Gasteiger partial charge is 0.389 e. The SMILES string of the molecule is CCNC(=NCCCCC(F)(F)F)NCCc1ccc(OC)c(OC)c1. The lowest BCUT2D eigenvalue weighted by Crippen LogP contribution is -2.38. The van der Waals surface area contributed by atoms with E-state index in [1.54, 1.807) is 14.2 Å². The summed E-state index contributed by atoms with van der Waals surface area (Å²) in [6.07, 6.45) is -3.60. The number of alkyl halides is 3. The van der Waals surface area contributed by atoms with Gasteiger partial charge in [-0.05, 0) is 43.9 Å².